The fourth-order valence-electron chi connectivity index (χ4n) is 3.09. The average molecular weight is 335 g/mol. The first kappa shape index (κ1) is 18.4. The molecule has 1 fully saturated rings. The number of likely N-dealkylation sites (tertiary alicyclic amines) is 1. The first-order valence-electron chi connectivity index (χ1n) is 8.56. The van der Waals surface area contributed by atoms with Crippen molar-refractivity contribution in [2.24, 2.45) is 13.0 Å². The monoisotopic (exact) mass is 335 g/mol. The topological polar surface area (TPSA) is 70.5 Å². The zero-order valence-corrected chi connectivity index (χ0v) is 15.3. The molecule has 1 atom stereocenters. The van der Waals surface area contributed by atoms with E-state index in [9.17, 15) is 9.59 Å². The summed E-state index contributed by atoms with van der Waals surface area (Å²) in [4.78, 5) is 28.9. The van der Waals surface area contributed by atoms with Gasteiger partial charge >= 0.3 is 0 Å². The van der Waals surface area contributed by atoms with Gasteiger partial charge in [-0.05, 0) is 33.7 Å². The molecule has 2 amide bonds. The van der Waals surface area contributed by atoms with E-state index in [1.54, 1.807) is 22.8 Å². The molecule has 1 aromatic heterocycles. The Hall–Kier alpha value is -1.89. The van der Waals surface area contributed by atoms with E-state index in [1.165, 1.54) is 0 Å². The quantitative estimate of drug-likeness (QED) is 0.863. The van der Waals surface area contributed by atoms with Crippen LogP contribution in [0.5, 0.6) is 0 Å². The van der Waals surface area contributed by atoms with E-state index < -0.39 is 0 Å². The van der Waals surface area contributed by atoms with Gasteiger partial charge in [-0.1, -0.05) is 0 Å². The maximum Gasteiger partial charge on any atom is 0.244 e. The number of nitrogens with one attached hydrogen (secondary N) is 1. The number of carbonyl (C=O) groups excluding carboxylic acids is 2. The number of likely N-dealkylation sites (N-methyl/N-ethyl adjacent to an activating group) is 1. The number of piperidine rings is 1. The maximum atomic E-state index is 12.8. The second-order valence-corrected chi connectivity index (χ2v) is 6.81. The molecule has 1 aliphatic rings. The van der Waals surface area contributed by atoms with E-state index in [0.29, 0.717) is 13.1 Å². The molecule has 0 aromatic carbocycles. The molecule has 1 N–H and O–H groups in total. The standard InChI is InChI=1S/C17H29N5O2/c1-12(2)21(5)16(23)13-6-8-22(9-7-13)17(24)15(18-3)14-10-19-20(4)11-14/h10-13,15,18H,6-9H2,1-5H3. The Morgan fingerprint density at radius 2 is 1.96 bits per heavy atom. The van der Waals surface area contributed by atoms with Crippen LogP contribution in [0.25, 0.3) is 0 Å². The lowest BCUT2D eigenvalue weighted by Gasteiger charge is -2.35. The molecule has 0 saturated carbocycles. The lowest BCUT2D eigenvalue weighted by molar-refractivity contribution is -0.141. The summed E-state index contributed by atoms with van der Waals surface area (Å²) in [5.74, 6) is 0.260. The predicted octanol–water partition coefficient (Wildman–Crippen LogP) is 0.786. The van der Waals surface area contributed by atoms with Gasteiger partial charge in [0.15, 0.2) is 0 Å². The highest BCUT2D eigenvalue weighted by molar-refractivity contribution is 5.84. The Morgan fingerprint density at radius 1 is 1.33 bits per heavy atom. The third-order valence-corrected chi connectivity index (χ3v) is 4.87. The Kier molecular flexibility index (Phi) is 5.99. The largest absolute Gasteiger partial charge is 0.343 e. The molecule has 134 valence electrons. The second-order valence-electron chi connectivity index (χ2n) is 6.81. The zero-order valence-electron chi connectivity index (χ0n) is 15.3. The minimum absolute atomic E-state index is 0.0212. The molecular formula is C17H29N5O2. The summed E-state index contributed by atoms with van der Waals surface area (Å²) in [6, 6.07) is -0.180. The summed E-state index contributed by atoms with van der Waals surface area (Å²) < 4.78 is 1.69. The smallest absolute Gasteiger partial charge is 0.244 e. The number of hydrogen-bond acceptors (Lipinski definition) is 4. The highest BCUT2D eigenvalue weighted by atomic mass is 16.2. The van der Waals surface area contributed by atoms with Crippen LogP contribution in [-0.4, -0.2) is 64.6 Å². The summed E-state index contributed by atoms with van der Waals surface area (Å²) in [6.07, 6.45) is 5.02. The van der Waals surface area contributed by atoms with Crippen molar-refractivity contribution in [3.8, 4) is 0 Å². The third kappa shape index (κ3) is 3.95. The molecule has 0 bridgehead atoms. The fourth-order valence-corrected chi connectivity index (χ4v) is 3.09. The summed E-state index contributed by atoms with van der Waals surface area (Å²) in [5, 5.41) is 7.22. The van der Waals surface area contributed by atoms with Crippen LogP contribution >= 0.6 is 0 Å². The molecule has 1 saturated heterocycles. The highest BCUT2D eigenvalue weighted by Gasteiger charge is 2.32. The fraction of sp³-hybridized carbons (Fsp3) is 0.706. The molecule has 7 nitrogen and oxygen atoms in total. The summed E-state index contributed by atoms with van der Waals surface area (Å²) in [7, 11) is 5.47. The second kappa shape index (κ2) is 7.79. The van der Waals surface area contributed by atoms with Gasteiger partial charge in [-0.2, -0.15) is 5.10 Å². The maximum absolute atomic E-state index is 12.8. The van der Waals surface area contributed by atoms with Crippen molar-refractivity contribution in [1.82, 2.24) is 24.9 Å². The van der Waals surface area contributed by atoms with Crippen LogP contribution in [0.4, 0.5) is 0 Å². The minimum Gasteiger partial charge on any atom is -0.343 e. The molecule has 2 heterocycles. The first-order chi connectivity index (χ1) is 11.3. The van der Waals surface area contributed by atoms with Crippen molar-refractivity contribution in [3.05, 3.63) is 18.0 Å². The zero-order chi connectivity index (χ0) is 17.9. The van der Waals surface area contributed by atoms with Crippen molar-refractivity contribution < 1.29 is 9.59 Å². The van der Waals surface area contributed by atoms with Crippen LogP contribution in [0.3, 0.4) is 0 Å². The van der Waals surface area contributed by atoms with E-state index in [0.717, 1.165) is 18.4 Å². The Balaban J connectivity index is 1.96. The van der Waals surface area contributed by atoms with Crippen LogP contribution in [0.15, 0.2) is 12.4 Å². The number of hydrogen-bond donors (Lipinski definition) is 1. The summed E-state index contributed by atoms with van der Waals surface area (Å²) in [5.41, 5.74) is 0.864. The number of rotatable bonds is 5. The number of amides is 2. The van der Waals surface area contributed by atoms with Crippen LogP contribution in [0.1, 0.15) is 38.3 Å². The first-order valence-corrected chi connectivity index (χ1v) is 8.56. The van der Waals surface area contributed by atoms with Gasteiger partial charge < -0.3 is 15.1 Å². The Bertz CT molecular complexity index is 575. The van der Waals surface area contributed by atoms with E-state index in [2.05, 4.69) is 10.4 Å². The van der Waals surface area contributed by atoms with Crippen molar-refractivity contribution in [1.29, 1.82) is 0 Å². The van der Waals surface area contributed by atoms with Gasteiger partial charge in [-0.3, -0.25) is 14.3 Å². The van der Waals surface area contributed by atoms with E-state index in [1.807, 2.05) is 39.0 Å². The van der Waals surface area contributed by atoms with Gasteiger partial charge in [-0.15, -0.1) is 0 Å². The Morgan fingerprint density at radius 3 is 2.42 bits per heavy atom. The van der Waals surface area contributed by atoms with Crippen molar-refractivity contribution in [3.63, 3.8) is 0 Å². The van der Waals surface area contributed by atoms with Crippen molar-refractivity contribution in [2.75, 3.05) is 27.2 Å². The lowest BCUT2D eigenvalue weighted by Crippen LogP contribution is -2.47. The molecule has 0 spiro atoms. The normalized spacial score (nSPS) is 17.2. The molecule has 1 aromatic rings. The molecule has 1 unspecified atom stereocenters. The molecule has 0 radical (unpaired) electrons. The average Bonchev–Trinajstić information content (AvgIpc) is 3.00. The van der Waals surface area contributed by atoms with Crippen molar-refractivity contribution in [2.45, 2.75) is 38.8 Å². The predicted molar refractivity (Wildman–Crippen MR) is 92.2 cm³/mol. The summed E-state index contributed by atoms with van der Waals surface area (Å²) in [6.45, 7) is 5.28. The van der Waals surface area contributed by atoms with Gasteiger partial charge in [0.25, 0.3) is 0 Å². The van der Waals surface area contributed by atoms with E-state index in [-0.39, 0.29) is 29.8 Å². The number of nitrogens with zero attached hydrogens (tertiary/aromatic N) is 4. The van der Waals surface area contributed by atoms with Crippen LogP contribution in [-0.2, 0) is 16.6 Å². The minimum atomic E-state index is -0.385. The number of aromatic nitrogens is 2. The van der Waals surface area contributed by atoms with Crippen LogP contribution in [0.2, 0.25) is 0 Å². The van der Waals surface area contributed by atoms with Gasteiger partial charge in [0.05, 0.1) is 6.20 Å². The lowest BCUT2D eigenvalue weighted by atomic mass is 9.94. The SMILES string of the molecule is CNC(C(=O)N1CCC(C(=O)N(C)C(C)C)CC1)c1cnn(C)c1. The van der Waals surface area contributed by atoms with E-state index in [4.69, 9.17) is 0 Å². The van der Waals surface area contributed by atoms with Gasteiger partial charge in [0, 0.05) is 50.9 Å². The molecule has 1 aliphatic heterocycles. The molecule has 0 aliphatic carbocycles. The van der Waals surface area contributed by atoms with Crippen LogP contribution < -0.4 is 5.32 Å². The third-order valence-electron chi connectivity index (χ3n) is 4.87. The molecule has 7 heteroatoms. The summed E-state index contributed by atoms with van der Waals surface area (Å²) >= 11 is 0. The number of aryl methyl sites for hydroxylation is 1. The van der Waals surface area contributed by atoms with E-state index >= 15 is 0 Å². The molecule has 2 rings (SSSR count). The number of carbonyl (C=O) groups is 2. The van der Waals surface area contributed by atoms with Crippen molar-refractivity contribution >= 4 is 11.8 Å². The van der Waals surface area contributed by atoms with Gasteiger partial charge in [0.2, 0.25) is 11.8 Å². The highest BCUT2D eigenvalue weighted by Crippen LogP contribution is 2.23. The van der Waals surface area contributed by atoms with Gasteiger partial charge in [0.1, 0.15) is 6.04 Å². The molecular weight excluding hydrogens is 306 g/mol. The van der Waals surface area contributed by atoms with Crippen LogP contribution in [0, 0.1) is 5.92 Å². The molecule has 24 heavy (non-hydrogen) atoms. The van der Waals surface area contributed by atoms with Gasteiger partial charge in [-0.25, -0.2) is 0 Å². The Labute approximate surface area is 144 Å².